The number of nitrogens with zero attached hydrogens (tertiary/aromatic N) is 1. The van der Waals surface area contributed by atoms with E-state index in [2.05, 4.69) is 0 Å². The predicted octanol–water partition coefficient (Wildman–Crippen LogP) is 2.59. The average molecular weight is 340 g/mol. The zero-order valence-electron chi connectivity index (χ0n) is 14.3. The summed E-state index contributed by atoms with van der Waals surface area (Å²) in [5.41, 5.74) is 6.54. The van der Waals surface area contributed by atoms with Gasteiger partial charge in [-0.25, -0.2) is 0 Å². The third-order valence-electron chi connectivity index (χ3n) is 4.35. The summed E-state index contributed by atoms with van der Waals surface area (Å²) in [6.07, 6.45) is 1.70. The lowest BCUT2D eigenvalue weighted by atomic mass is 10.1. The molecular weight excluding hydrogens is 316 g/mol. The molecule has 132 valence electrons. The smallest absolute Gasteiger partial charge is 0.236 e. The fraction of sp³-hybridized carbons (Fsp3) is 0.350. The standard InChI is InChI=1S/C20H24N2O3/c21-14-20(23)22-12-10-17(11-13-22)25-19-9-5-4-8-18(19)24-15-16-6-2-1-3-7-16/h1-9,17H,10-15,21H2. The van der Waals surface area contributed by atoms with Crippen LogP contribution in [0, 0.1) is 0 Å². The summed E-state index contributed by atoms with van der Waals surface area (Å²) in [6.45, 7) is 1.95. The second-order valence-electron chi connectivity index (χ2n) is 6.12. The number of para-hydroxylation sites is 2. The van der Waals surface area contributed by atoms with Gasteiger partial charge in [-0.2, -0.15) is 0 Å². The van der Waals surface area contributed by atoms with Crippen LogP contribution in [-0.2, 0) is 11.4 Å². The Bertz CT molecular complexity index is 682. The lowest BCUT2D eigenvalue weighted by molar-refractivity contribution is -0.131. The summed E-state index contributed by atoms with van der Waals surface area (Å²) in [6, 6.07) is 17.8. The van der Waals surface area contributed by atoms with Crippen LogP contribution in [-0.4, -0.2) is 36.5 Å². The number of amides is 1. The van der Waals surface area contributed by atoms with Crippen LogP contribution in [0.2, 0.25) is 0 Å². The minimum atomic E-state index is 0.00467. The summed E-state index contributed by atoms with van der Waals surface area (Å²) >= 11 is 0. The molecule has 1 saturated heterocycles. The van der Waals surface area contributed by atoms with Gasteiger partial charge < -0.3 is 20.1 Å². The first kappa shape index (κ1) is 17.3. The van der Waals surface area contributed by atoms with E-state index in [1.54, 1.807) is 4.90 Å². The van der Waals surface area contributed by atoms with E-state index < -0.39 is 0 Å². The van der Waals surface area contributed by atoms with E-state index in [9.17, 15) is 4.79 Å². The van der Waals surface area contributed by atoms with Crippen LogP contribution >= 0.6 is 0 Å². The first-order valence-electron chi connectivity index (χ1n) is 8.66. The molecule has 1 aliphatic rings. The van der Waals surface area contributed by atoms with E-state index in [4.69, 9.17) is 15.2 Å². The van der Waals surface area contributed by atoms with Crippen molar-refractivity contribution in [2.75, 3.05) is 19.6 Å². The van der Waals surface area contributed by atoms with Crippen molar-refractivity contribution in [2.24, 2.45) is 5.73 Å². The van der Waals surface area contributed by atoms with Crippen LogP contribution in [0.4, 0.5) is 0 Å². The van der Waals surface area contributed by atoms with Gasteiger partial charge in [-0.05, 0) is 17.7 Å². The molecule has 2 N–H and O–H groups in total. The average Bonchev–Trinajstić information content (AvgIpc) is 2.68. The van der Waals surface area contributed by atoms with E-state index in [1.165, 1.54) is 0 Å². The van der Waals surface area contributed by atoms with Crippen molar-refractivity contribution in [3.8, 4) is 11.5 Å². The van der Waals surface area contributed by atoms with Gasteiger partial charge in [0.1, 0.15) is 12.7 Å². The summed E-state index contributed by atoms with van der Waals surface area (Å²) < 4.78 is 12.1. The number of carbonyl (C=O) groups excluding carboxylic acids is 1. The van der Waals surface area contributed by atoms with Gasteiger partial charge in [-0.3, -0.25) is 4.79 Å². The van der Waals surface area contributed by atoms with Crippen molar-refractivity contribution in [3.05, 3.63) is 60.2 Å². The van der Waals surface area contributed by atoms with Gasteiger partial charge in [0.25, 0.3) is 0 Å². The van der Waals surface area contributed by atoms with Crippen molar-refractivity contribution in [1.82, 2.24) is 4.90 Å². The quantitative estimate of drug-likeness (QED) is 0.878. The summed E-state index contributed by atoms with van der Waals surface area (Å²) in [7, 11) is 0. The highest BCUT2D eigenvalue weighted by Crippen LogP contribution is 2.30. The number of ether oxygens (including phenoxy) is 2. The monoisotopic (exact) mass is 340 g/mol. The molecule has 3 rings (SSSR count). The number of hydrogen-bond acceptors (Lipinski definition) is 4. The largest absolute Gasteiger partial charge is 0.486 e. The Morgan fingerprint density at radius 2 is 1.64 bits per heavy atom. The van der Waals surface area contributed by atoms with Crippen LogP contribution in [0.5, 0.6) is 11.5 Å². The molecule has 0 saturated carbocycles. The lowest BCUT2D eigenvalue weighted by Crippen LogP contribution is -2.44. The van der Waals surface area contributed by atoms with Crippen LogP contribution in [0.1, 0.15) is 18.4 Å². The number of nitrogens with two attached hydrogens (primary N) is 1. The summed E-state index contributed by atoms with van der Waals surface area (Å²) in [4.78, 5) is 13.4. The molecule has 0 spiro atoms. The zero-order chi connectivity index (χ0) is 17.5. The van der Waals surface area contributed by atoms with Crippen molar-refractivity contribution < 1.29 is 14.3 Å². The highest BCUT2D eigenvalue weighted by Gasteiger charge is 2.23. The molecule has 5 heteroatoms. The van der Waals surface area contributed by atoms with Gasteiger partial charge in [0.15, 0.2) is 11.5 Å². The van der Waals surface area contributed by atoms with Crippen molar-refractivity contribution >= 4 is 5.91 Å². The first-order valence-corrected chi connectivity index (χ1v) is 8.66. The van der Waals surface area contributed by atoms with Crippen LogP contribution in [0.3, 0.4) is 0 Å². The van der Waals surface area contributed by atoms with Crippen molar-refractivity contribution in [3.63, 3.8) is 0 Å². The fourth-order valence-corrected chi connectivity index (χ4v) is 2.93. The molecule has 0 bridgehead atoms. The maximum Gasteiger partial charge on any atom is 0.236 e. The second-order valence-corrected chi connectivity index (χ2v) is 6.12. The number of rotatable bonds is 6. The number of benzene rings is 2. The Morgan fingerprint density at radius 3 is 2.32 bits per heavy atom. The highest BCUT2D eigenvalue weighted by molar-refractivity contribution is 5.78. The molecule has 0 unspecified atom stereocenters. The summed E-state index contributed by atoms with van der Waals surface area (Å²) in [5, 5.41) is 0. The van der Waals surface area contributed by atoms with E-state index in [-0.39, 0.29) is 18.6 Å². The second kappa shape index (κ2) is 8.53. The van der Waals surface area contributed by atoms with Gasteiger partial charge in [-0.1, -0.05) is 42.5 Å². The van der Waals surface area contributed by atoms with Gasteiger partial charge in [0.2, 0.25) is 5.91 Å². The molecule has 2 aromatic carbocycles. The molecule has 1 amide bonds. The Kier molecular flexibility index (Phi) is 5.90. The molecule has 5 nitrogen and oxygen atoms in total. The van der Waals surface area contributed by atoms with E-state index >= 15 is 0 Å². The van der Waals surface area contributed by atoms with Gasteiger partial charge in [0, 0.05) is 25.9 Å². The Balaban J connectivity index is 1.57. The van der Waals surface area contributed by atoms with Gasteiger partial charge in [0.05, 0.1) is 6.54 Å². The van der Waals surface area contributed by atoms with E-state index in [0.717, 1.165) is 29.9 Å². The molecule has 25 heavy (non-hydrogen) atoms. The number of carbonyl (C=O) groups is 1. The van der Waals surface area contributed by atoms with E-state index in [0.29, 0.717) is 19.7 Å². The molecule has 0 atom stereocenters. The summed E-state index contributed by atoms with van der Waals surface area (Å²) in [5.74, 6) is 1.50. The first-order chi connectivity index (χ1) is 12.3. The molecule has 2 aromatic rings. The van der Waals surface area contributed by atoms with Gasteiger partial charge in [-0.15, -0.1) is 0 Å². The van der Waals surface area contributed by atoms with Gasteiger partial charge >= 0.3 is 0 Å². The predicted molar refractivity (Wildman–Crippen MR) is 96.5 cm³/mol. The SMILES string of the molecule is NCC(=O)N1CCC(Oc2ccccc2OCc2ccccc2)CC1. The number of piperidine rings is 1. The zero-order valence-corrected chi connectivity index (χ0v) is 14.3. The molecule has 1 heterocycles. The van der Waals surface area contributed by atoms with E-state index in [1.807, 2.05) is 54.6 Å². The van der Waals surface area contributed by atoms with Crippen LogP contribution < -0.4 is 15.2 Å². The maximum atomic E-state index is 11.6. The Morgan fingerprint density at radius 1 is 1.00 bits per heavy atom. The maximum absolute atomic E-state index is 11.6. The molecule has 1 aliphatic heterocycles. The van der Waals surface area contributed by atoms with Crippen LogP contribution in [0.15, 0.2) is 54.6 Å². The molecule has 0 aromatic heterocycles. The number of hydrogen-bond donors (Lipinski definition) is 1. The Labute approximate surface area is 148 Å². The lowest BCUT2D eigenvalue weighted by Gasteiger charge is -2.32. The third kappa shape index (κ3) is 4.73. The van der Waals surface area contributed by atoms with Crippen LogP contribution in [0.25, 0.3) is 0 Å². The van der Waals surface area contributed by atoms with Crippen molar-refractivity contribution in [1.29, 1.82) is 0 Å². The molecule has 0 radical (unpaired) electrons. The topological polar surface area (TPSA) is 64.8 Å². The molecule has 0 aliphatic carbocycles. The highest BCUT2D eigenvalue weighted by atomic mass is 16.5. The minimum Gasteiger partial charge on any atom is -0.486 e. The Hall–Kier alpha value is -2.53. The molecular formula is C20H24N2O3. The fourth-order valence-electron chi connectivity index (χ4n) is 2.93. The minimum absolute atomic E-state index is 0.00467. The van der Waals surface area contributed by atoms with Crippen molar-refractivity contribution in [2.45, 2.75) is 25.6 Å². The number of likely N-dealkylation sites (tertiary alicyclic amines) is 1. The third-order valence-corrected chi connectivity index (χ3v) is 4.35. The normalized spacial score (nSPS) is 15.0. The molecule has 1 fully saturated rings.